The van der Waals surface area contributed by atoms with E-state index in [4.69, 9.17) is 5.73 Å². The van der Waals surface area contributed by atoms with Gasteiger partial charge in [-0.05, 0) is 24.8 Å². The second-order valence-corrected chi connectivity index (χ2v) is 5.00. The van der Waals surface area contributed by atoms with Gasteiger partial charge in [-0.25, -0.2) is 4.98 Å². The smallest absolute Gasteiger partial charge is 0.422 e. The number of aromatic nitrogens is 1. The highest BCUT2D eigenvalue weighted by atomic mass is 35.5. The van der Waals surface area contributed by atoms with Gasteiger partial charge in [0.1, 0.15) is 0 Å². The number of nitrogens with zero attached hydrogens (tertiary/aromatic N) is 1. The molecule has 1 aromatic heterocycles. The third-order valence-electron chi connectivity index (χ3n) is 3.11. The summed E-state index contributed by atoms with van der Waals surface area (Å²) in [5, 5.41) is 2.67. The monoisotopic (exact) mass is 339 g/mol. The molecule has 0 radical (unpaired) electrons. The maximum Gasteiger partial charge on any atom is 0.422 e. The molecule has 0 spiro atoms. The van der Waals surface area contributed by atoms with Crippen LogP contribution in [0, 0.1) is 5.92 Å². The van der Waals surface area contributed by atoms with Gasteiger partial charge in [-0.2, -0.15) is 13.2 Å². The van der Waals surface area contributed by atoms with Crippen molar-refractivity contribution in [1.29, 1.82) is 0 Å². The van der Waals surface area contributed by atoms with E-state index in [0.717, 1.165) is 12.8 Å². The first kappa shape index (κ1) is 18.5. The number of nitrogens with two attached hydrogens (primary N) is 1. The summed E-state index contributed by atoms with van der Waals surface area (Å²) in [4.78, 5) is 15.5. The predicted octanol–water partition coefficient (Wildman–Crippen LogP) is 1.91. The fourth-order valence-electron chi connectivity index (χ4n) is 1.76. The van der Waals surface area contributed by atoms with Gasteiger partial charge >= 0.3 is 6.18 Å². The van der Waals surface area contributed by atoms with E-state index in [-0.39, 0.29) is 35.8 Å². The number of carbonyl (C=O) groups excluding carboxylic acids is 1. The Labute approximate surface area is 131 Å². The Kier molecular flexibility index (Phi) is 6.43. The van der Waals surface area contributed by atoms with Crippen LogP contribution in [0.5, 0.6) is 5.88 Å². The molecule has 1 unspecified atom stereocenters. The van der Waals surface area contributed by atoms with E-state index in [1.165, 1.54) is 18.3 Å². The molecule has 0 bridgehead atoms. The van der Waals surface area contributed by atoms with Gasteiger partial charge in [-0.15, -0.1) is 12.4 Å². The molecule has 0 aromatic carbocycles. The number of nitrogens with one attached hydrogen (secondary N) is 1. The van der Waals surface area contributed by atoms with Gasteiger partial charge < -0.3 is 15.8 Å². The lowest BCUT2D eigenvalue weighted by Gasteiger charge is -2.12. The lowest BCUT2D eigenvalue weighted by atomic mass is 10.2. The quantitative estimate of drug-likeness (QED) is 0.830. The lowest BCUT2D eigenvalue weighted by molar-refractivity contribution is -0.154. The van der Waals surface area contributed by atoms with Crippen LogP contribution < -0.4 is 15.8 Å². The first-order chi connectivity index (χ1) is 9.85. The summed E-state index contributed by atoms with van der Waals surface area (Å²) in [6, 6.07) is 2.52. The molecular formula is C13H17ClF3N3O2. The van der Waals surface area contributed by atoms with Crippen LogP contribution in [0.2, 0.25) is 0 Å². The van der Waals surface area contributed by atoms with Gasteiger partial charge in [0, 0.05) is 24.8 Å². The summed E-state index contributed by atoms with van der Waals surface area (Å²) in [6.45, 7) is -1.04. The maximum atomic E-state index is 12.0. The SMILES string of the molecule is Cl.NC(CNC(=O)c1ccc(OCC(F)(F)F)nc1)C1CC1. The van der Waals surface area contributed by atoms with Crippen LogP contribution in [0.3, 0.4) is 0 Å². The molecule has 9 heteroatoms. The highest BCUT2D eigenvalue weighted by molar-refractivity contribution is 5.93. The number of hydrogen-bond donors (Lipinski definition) is 2. The minimum atomic E-state index is -4.42. The Morgan fingerprint density at radius 2 is 2.14 bits per heavy atom. The molecule has 0 aliphatic heterocycles. The first-order valence-electron chi connectivity index (χ1n) is 6.54. The standard InChI is InChI=1S/C13H16F3N3O2.ClH/c14-13(15,16)7-21-11-4-3-9(5-18-11)12(20)19-6-10(17)8-1-2-8;/h3-5,8,10H,1-2,6-7,17H2,(H,19,20);1H. The molecule has 1 aromatic rings. The van der Waals surface area contributed by atoms with E-state index in [1.807, 2.05) is 0 Å². The lowest BCUT2D eigenvalue weighted by Crippen LogP contribution is -2.38. The Bertz CT molecular complexity index is 492. The van der Waals surface area contributed by atoms with Crippen LogP contribution >= 0.6 is 12.4 Å². The highest BCUT2D eigenvalue weighted by Crippen LogP contribution is 2.31. The molecule has 1 aliphatic rings. The highest BCUT2D eigenvalue weighted by Gasteiger charge is 2.29. The van der Waals surface area contributed by atoms with E-state index in [1.54, 1.807) is 0 Å². The number of hydrogen-bond acceptors (Lipinski definition) is 4. The fourth-order valence-corrected chi connectivity index (χ4v) is 1.76. The van der Waals surface area contributed by atoms with E-state index in [9.17, 15) is 18.0 Å². The topological polar surface area (TPSA) is 77.2 Å². The number of ether oxygens (including phenoxy) is 1. The van der Waals surface area contributed by atoms with E-state index in [0.29, 0.717) is 12.5 Å². The first-order valence-corrected chi connectivity index (χ1v) is 6.54. The van der Waals surface area contributed by atoms with Crippen molar-refractivity contribution in [3.8, 4) is 5.88 Å². The van der Waals surface area contributed by atoms with E-state index in [2.05, 4.69) is 15.0 Å². The molecule has 5 nitrogen and oxygen atoms in total. The molecule has 1 aliphatic carbocycles. The van der Waals surface area contributed by atoms with Crippen molar-refractivity contribution in [2.75, 3.05) is 13.2 Å². The van der Waals surface area contributed by atoms with Crippen LogP contribution in [0.15, 0.2) is 18.3 Å². The molecule has 0 saturated heterocycles. The Balaban J connectivity index is 0.00000242. The Morgan fingerprint density at radius 3 is 2.64 bits per heavy atom. The predicted molar refractivity (Wildman–Crippen MR) is 76.1 cm³/mol. The van der Waals surface area contributed by atoms with Gasteiger partial charge in [0.25, 0.3) is 5.91 Å². The summed E-state index contributed by atoms with van der Waals surface area (Å²) in [5.74, 6) is -0.0684. The average Bonchev–Trinajstić information content (AvgIpc) is 3.26. The number of pyridine rings is 1. The van der Waals surface area contributed by atoms with E-state index >= 15 is 0 Å². The van der Waals surface area contributed by atoms with Crippen LogP contribution in [0.4, 0.5) is 13.2 Å². The van der Waals surface area contributed by atoms with Crippen molar-refractivity contribution in [1.82, 2.24) is 10.3 Å². The minimum absolute atomic E-state index is 0. The Hall–Kier alpha value is -1.54. The summed E-state index contributed by atoms with van der Waals surface area (Å²) in [7, 11) is 0. The minimum Gasteiger partial charge on any atom is -0.468 e. The van der Waals surface area contributed by atoms with Gasteiger partial charge in [0.15, 0.2) is 6.61 Å². The number of carbonyl (C=O) groups is 1. The molecule has 1 fully saturated rings. The van der Waals surface area contributed by atoms with Crippen molar-refractivity contribution in [2.24, 2.45) is 11.7 Å². The molecule has 3 N–H and O–H groups in total. The van der Waals surface area contributed by atoms with Crippen molar-refractivity contribution >= 4 is 18.3 Å². The summed E-state index contributed by atoms with van der Waals surface area (Å²) >= 11 is 0. The van der Waals surface area contributed by atoms with Crippen LogP contribution in [0.1, 0.15) is 23.2 Å². The van der Waals surface area contributed by atoms with Gasteiger partial charge in [0.2, 0.25) is 5.88 Å². The van der Waals surface area contributed by atoms with Crippen molar-refractivity contribution in [2.45, 2.75) is 25.1 Å². The molecule has 1 amide bonds. The summed E-state index contributed by atoms with van der Waals surface area (Å²) in [6.07, 6.45) is -1.08. The largest absolute Gasteiger partial charge is 0.468 e. The molecular weight excluding hydrogens is 323 g/mol. The van der Waals surface area contributed by atoms with Crippen LogP contribution in [-0.4, -0.2) is 36.3 Å². The normalized spacial score (nSPS) is 15.6. The number of alkyl halides is 3. The zero-order valence-electron chi connectivity index (χ0n) is 11.6. The zero-order valence-corrected chi connectivity index (χ0v) is 12.4. The van der Waals surface area contributed by atoms with Gasteiger partial charge in [0.05, 0.1) is 5.56 Å². The van der Waals surface area contributed by atoms with Crippen LogP contribution in [-0.2, 0) is 0 Å². The Morgan fingerprint density at radius 1 is 1.45 bits per heavy atom. The molecule has 1 saturated carbocycles. The fraction of sp³-hybridized carbons (Fsp3) is 0.538. The van der Waals surface area contributed by atoms with Crippen LogP contribution in [0.25, 0.3) is 0 Å². The third kappa shape index (κ3) is 6.07. The van der Waals surface area contributed by atoms with Crippen molar-refractivity contribution in [3.05, 3.63) is 23.9 Å². The summed E-state index contributed by atoms with van der Waals surface area (Å²) in [5.41, 5.74) is 6.10. The number of halogens is 4. The molecule has 1 atom stereocenters. The summed E-state index contributed by atoms with van der Waals surface area (Å²) < 4.78 is 40.4. The third-order valence-corrected chi connectivity index (χ3v) is 3.11. The van der Waals surface area contributed by atoms with Gasteiger partial charge in [-0.1, -0.05) is 0 Å². The molecule has 22 heavy (non-hydrogen) atoms. The average molecular weight is 340 g/mol. The van der Waals surface area contributed by atoms with E-state index < -0.39 is 12.8 Å². The number of rotatable bonds is 6. The second-order valence-electron chi connectivity index (χ2n) is 5.00. The van der Waals surface area contributed by atoms with Gasteiger partial charge in [-0.3, -0.25) is 4.79 Å². The molecule has 2 rings (SSSR count). The van der Waals surface area contributed by atoms with Crippen molar-refractivity contribution in [3.63, 3.8) is 0 Å². The number of amides is 1. The van der Waals surface area contributed by atoms with Crippen molar-refractivity contribution < 1.29 is 22.7 Å². The second kappa shape index (κ2) is 7.64. The molecule has 124 valence electrons. The zero-order chi connectivity index (χ0) is 15.5. The maximum absolute atomic E-state index is 12.0. The molecule has 1 heterocycles.